The van der Waals surface area contributed by atoms with E-state index < -0.39 is 0 Å². The summed E-state index contributed by atoms with van der Waals surface area (Å²) in [5.41, 5.74) is 2.94. The first-order valence-electron chi connectivity index (χ1n) is 10.0. The fraction of sp³-hybridized carbons (Fsp3) is 0.500. The maximum Gasteiger partial charge on any atom is 0.253 e. The van der Waals surface area contributed by atoms with Crippen molar-refractivity contribution >= 4 is 23.2 Å². The van der Waals surface area contributed by atoms with Crippen LogP contribution >= 0.6 is 11.3 Å². The number of carbonyl (C=O) groups is 2. The standard InChI is InChI=1S/C22H29N3O2S/c1-15(2)20(26)23-11-10-19-14-28-21(24-19)18-5-4-12-25(13-18)22(27)17-8-6-16(3)7-9-17/h6-9,14-15,18H,4-5,10-13H2,1-3H3,(H,23,26)/t18-/m0/s1. The Balaban J connectivity index is 1.57. The summed E-state index contributed by atoms with van der Waals surface area (Å²) < 4.78 is 0. The summed E-state index contributed by atoms with van der Waals surface area (Å²) in [6, 6.07) is 7.79. The number of amides is 2. The number of rotatable bonds is 6. The number of likely N-dealkylation sites (tertiary alicyclic amines) is 1. The zero-order valence-electron chi connectivity index (χ0n) is 16.9. The van der Waals surface area contributed by atoms with E-state index in [1.807, 2.05) is 49.9 Å². The lowest BCUT2D eigenvalue weighted by atomic mass is 9.98. The van der Waals surface area contributed by atoms with Gasteiger partial charge in [-0.25, -0.2) is 4.98 Å². The molecule has 2 amide bonds. The Bertz CT molecular complexity index is 813. The van der Waals surface area contributed by atoms with Crippen LogP contribution in [0.2, 0.25) is 0 Å². The van der Waals surface area contributed by atoms with Crippen LogP contribution in [0.15, 0.2) is 29.6 Å². The summed E-state index contributed by atoms with van der Waals surface area (Å²) in [7, 11) is 0. The van der Waals surface area contributed by atoms with Crippen LogP contribution in [0.4, 0.5) is 0 Å². The molecule has 0 radical (unpaired) electrons. The number of aryl methyl sites for hydroxylation is 1. The van der Waals surface area contributed by atoms with Crippen LogP contribution in [-0.2, 0) is 11.2 Å². The molecule has 5 nitrogen and oxygen atoms in total. The van der Waals surface area contributed by atoms with Crippen LogP contribution in [0.1, 0.15) is 59.2 Å². The molecule has 1 atom stereocenters. The molecule has 6 heteroatoms. The van der Waals surface area contributed by atoms with Crippen LogP contribution in [0, 0.1) is 12.8 Å². The first-order chi connectivity index (χ1) is 13.4. The Morgan fingerprint density at radius 3 is 2.75 bits per heavy atom. The highest BCUT2D eigenvalue weighted by molar-refractivity contribution is 7.09. The van der Waals surface area contributed by atoms with Gasteiger partial charge in [0.15, 0.2) is 0 Å². The molecule has 3 rings (SSSR count). The third kappa shape index (κ3) is 5.19. The van der Waals surface area contributed by atoms with Crippen LogP contribution in [0.5, 0.6) is 0 Å². The van der Waals surface area contributed by atoms with Crippen molar-refractivity contribution < 1.29 is 9.59 Å². The Morgan fingerprint density at radius 1 is 1.29 bits per heavy atom. The zero-order valence-corrected chi connectivity index (χ0v) is 17.7. The van der Waals surface area contributed by atoms with E-state index in [0.29, 0.717) is 12.5 Å². The first-order valence-corrected chi connectivity index (χ1v) is 10.9. The number of carbonyl (C=O) groups excluding carboxylic acids is 2. The van der Waals surface area contributed by atoms with Crippen molar-refractivity contribution in [3.63, 3.8) is 0 Å². The SMILES string of the molecule is Cc1ccc(C(=O)N2CCC[C@H](c3nc(CCNC(=O)C(C)C)cs3)C2)cc1. The fourth-order valence-electron chi connectivity index (χ4n) is 3.38. The molecular weight excluding hydrogens is 370 g/mol. The lowest BCUT2D eigenvalue weighted by molar-refractivity contribution is -0.123. The highest BCUT2D eigenvalue weighted by Crippen LogP contribution is 2.30. The van der Waals surface area contributed by atoms with Gasteiger partial charge in [0, 0.05) is 48.8 Å². The first kappa shape index (κ1) is 20.5. The summed E-state index contributed by atoms with van der Waals surface area (Å²) in [6.45, 7) is 7.96. The smallest absolute Gasteiger partial charge is 0.253 e. The van der Waals surface area contributed by atoms with E-state index in [1.54, 1.807) is 11.3 Å². The molecule has 1 aliphatic heterocycles. The molecule has 28 heavy (non-hydrogen) atoms. The summed E-state index contributed by atoms with van der Waals surface area (Å²) in [5, 5.41) is 6.12. The van der Waals surface area contributed by atoms with E-state index in [1.165, 1.54) is 0 Å². The van der Waals surface area contributed by atoms with Crippen LogP contribution in [-0.4, -0.2) is 41.3 Å². The van der Waals surface area contributed by atoms with Gasteiger partial charge in [-0.1, -0.05) is 31.5 Å². The van der Waals surface area contributed by atoms with E-state index in [9.17, 15) is 9.59 Å². The van der Waals surface area contributed by atoms with Gasteiger partial charge in [-0.2, -0.15) is 0 Å². The molecule has 150 valence electrons. The third-order valence-corrected chi connectivity index (χ3v) is 6.19. The third-order valence-electron chi connectivity index (χ3n) is 5.13. The summed E-state index contributed by atoms with van der Waals surface area (Å²) in [4.78, 5) is 31.2. The van der Waals surface area contributed by atoms with Crippen LogP contribution in [0.3, 0.4) is 0 Å². The average Bonchev–Trinajstić information content (AvgIpc) is 3.17. The van der Waals surface area contributed by atoms with Gasteiger partial charge < -0.3 is 10.2 Å². The Labute approximate surface area is 171 Å². The second-order valence-electron chi connectivity index (χ2n) is 7.83. The maximum absolute atomic E-state index is 12.8. The molecule has 1 aromatic carbocycles. The van der Waals surface area contributed by atoms with Gasteiger partial charge in [-0.3, -0.25) is 9.59 Å². The minimum absolute atomic E-state index is 0.00489. The van der Waals surface area contributed by atoms with E-state index in [0.717, 1.165) is 54.2 Å². The predicted octanol–water partition coefficient (Wildman–Crippen LogP) is 3.79. The lowest BCUT2D eigenvalue weighted by Crippen LogP contribution is -2.39. The van der Waals surface area contributed by atoms with Crippen LogP contribution < -0.4 is 5.32 Å². The lowest BCUT2D eigenvalue weighted by Gasteiger charge is -2.32. The van der Waals surface area contributed by atoms with Gasteiger partial charge in [-0.15, -0.1) is 11.3 Å². The number of nitrogens with zero attached hydrogens (tertiary/aromatic N) is 2. The van der Waals surface area contributed by atoms with Crippen molar-refractivity contribution in [3.8, 4) is 0 Å². The number of piperidine rings is 1. The van der Waals surface area contributed by atoms with E-state index in [-0.39, 0.29) is 17.7 Å². The van der Waals surface area contributed by atoms with E-state index in [2.05, 4.69) is 10.7 Å². The summed E-state index contributed by atoms with van der Waals surface area (Å²) in [6.07, 6.45) is 2.81. The molecule has 1 N–H and O–H groups in total. The second-order valence-corrected chi connectivity index (χ2v) is 8.72. The number of benzene rings is 1. The molecule has 2 heterocycles. The van der Waals surface area contributed by atoms with Crippen LogP contribution in [0.25, 0.3) is 0 Å². The highest BCUT2D eigenvalue weighted by Gasteiger charge is 2.27. The fourth-order valence-corrected chi connectivity index (χ4v) is 4.37. The number of thiazole rings is 1. The molecule has 0 aliphatic carbocycles. The van der Waals surface area contributed by atoms with Gasteiger partial charge >= 0.3 is 0 Å². The second kappa shape index (κ2) is 9.32. The number of hydrogen-bond acceptors (Lipinski definition) is 4. The van der Waals surface area contributed by atoms with Crippen molar-refractivity contribution in [2.24, 2.45) is 5.92 Å². The highest BCUT2D eigenvalue weighted by atomic mass is 32.1. The summed E-state index contributed by atoms with van der Waals surface area (Å²) in [5.74, 6) is 0.489. The molecule has 1 aliphatic rings. The predicted molar refractivity (Wildman–Crippen MR) is 113 cm³/mol. The van der Waals surface area contributed by atoms with Crippen molar-refractivity contribution in [2.75, 3.05) is 19.6 Å². The molecule has 0 spiro atoms. The van der Waals surface area contributed by atoms with Crippen molar-refractivity contribution in [3.05, 3.63) is 51.5 Å². The number of aromatic nitrogens is 1. The molecule has 0 unspecified atom stereocenters. The molecule has 2 aromatic rings. The molecule has 0 bridgehead atoms. The number of hydrogen-bond donors (Lipinski definition) is 1. The zero-order chi connectivity index (χ0) is 20.1. The topological polar surface area (TPSA) is 62.3 Å². The van der Waals surface area contributed by atoms with Crippen molar-refractivity contribution in [2.45, 2.75) is 46.0 Å². The maximum atomic E-state index is 12.8. The van der Waals surface area contributed by atoms with Gasteiger partial charge in [-0.05, 0) is 31.9 Å². The van der Waals surface area contributed by atoms with Crippen molar-refractivity contribution in [1.29, 1.82) is 0 Å². The monoisotopic (exact) mass is 399 g/mol. The largest absolute Gasteiger partial charge is 0.355 e. The Morgan fingerprint density at radius 2 is 2.04 bits per heavy atom. The van der Waals surface area contributed by atoms with Gasteiger partial charge in [0.25, 0.3) is 5.91 Å². The minimum atomic E-state index is 0.00489. The number of nitrogens with one attached hydrogen (secondary N) is 1. The quantitative estimate of drug-likeness (QED) is 0.804. The van der Waals surface area contributed by atoms with E-state index >= 15 is 0 Å². The van der Waals surface area contributed by atoms with E-state index in [4.69, 9.17) is 4.98 Å². The molecule has 1 fully saturated rings. The normalized spacial score (nSPS) is 17.0. The Kier molecular flexibility index (Phi) is 6.83. The average molecular weight is 400 g/mol. The molecular formula is C22H29N3O2S. The molecule has 1 aromatic heterocycles. The molecule has 0 saturated carbocycles. The van der Waals surface area contributed by atoms with Gasteiger partial charge in [0.1, 0.15) is 0 Å². The minimum Gasteiger partial charge on any atom is -0.355 e. The van der Waals surface area contributed by atoms with Gasteiger partial charge in [0.2, 0.25) is 5.91 Å². The van der Waals surface area contributed by atoms with Crippen molar-refractivity contribution in [1.82, 2.24) is 15.2 Å². The molecule has 1 saturated heterocycles. The van der Waals surface area contributed by atoms with Gasteiger partial charge in [0.05, 0.1) is 10.7 Å². The Hall–Kier alpha value is -2.21. The summed E-state index contributed by atoms with van der Waals surface area (Å²) >= 11 is 1.67.